The Morgan fingerprint density at radius 2 is 1.77 bits per heavy atom. The summed E-state index contributed by atoms with van der Waals surface area (Å²) in [6.07, 6.45) is 0. The quantitative estimate of drug-likeness (QED) is 0.776. The molecule has 0 saturated heterocycles. The van der Waals surface area contributed by atoms with Gasteiger partial charge in [-0.15, -0.1) is 10.2 Å². The van der Waals surface area contributed by atoms with Gasteiger partial charge in [0.1, 0.15) is 0 Å². The number of thioether (sulfide) groups is 1. The highest BCUT2D eigenvalue weighted by Gasteiger charge is 2.20. The monoisotopic (exact) mass is 374 g/mol. The van der Waals surface area contributed by atoms with Crippen molar-refractivity contribution in [2.24, 2.45) is 13.0 Å². The van der Waals surface area contributed by atoms with Crippen molar-refractivity contribution in [2.75, 3.05) is 6.54 Å². The molecule has 0 saturated carbocycles. The zero-order chi connectivity index (χ0) is 19.5. The van der Waals surface area contributed by atoms with E-state index in [1.54, 1.807) is 0 Å². The third-order valence-corrected chi connectivity index (χ3v) is 5.31. The average molecular weight is 375 g/mol. The lowest BCUT2D eigenvalue weighted by molar-refractivity contribution is -0.120. The van der Waals surface area contributed by atoms with E-state index in [0.29, 0.717) is 12.5 Å². The molecule has 1 aromatic carbocycles. The van der Waals surface area contributed by atoms with E-state index >= 15 is 0 Å². The SMILES string of the molecule is CC(C)CNC(=O)[C@@H](C)Sc1nnc(-c2ccc(C(C)(C)C)cc2)n1C. The molecular weight excluding hydrogens is 344 g/mol. The van der Waals surface area contributed by atoms with Crippen molar-refractivity contribution < 1.29 is 4.79 Å². The Morgan fingerprint density at radius 1 is 1.15 bits per heavy atom. The number of amides is 1. The molecule has 1 N–H and O–H groups in total. The Kier molecular flexibility index (Phi) is 6.50. The van der Waals surface area contributed by atoms with Crippen LogP contribution in [0.1, 0.15) is 47.1 Å². The molecule has 1 atom stereocenters. The summed E-state index contributed by atoms with van der Waals surface area (Å²) in [5.74, 6) is 1.28. The third kappa shape index (κ3) is 5.10. The number of nitrogens with zero attached hydrogens (tertiary/aromatic N) is 3. The third-order valence-electron chi connectivity index (χ3n) is 4.18. The van der Waals surface area contributed by atoms with Crippen molar-refractivity contribution in [1.82, 2.24) is 20.1 Å². The first-order valence-electron chi connectivity index (χ1n) is 9.04. The molecule has 1 aromatic heterocycles. The second kappa shape index (κ2) is 8.25. The van der Waals surface area contributed by atoms with Crippen LogP contribution in [-0.4, -0.2) is 32.5 Å². The van der Waals surface area contributed by atoms with Crippen LogP contribution in [0.25, 0.3) is 11.4 Å². The molecule has 5 nitrogen and oxygen atoms in total. The Morgan fingerprint density at radius 3 is 2.31 bits per heavy atom. The van der Waals surface area contributed by atoms with Crippen molar-refractivity contribution >= 4 is 17.7 Å². The topological polar surface area (TPSA) is 59.8 Å². The van der Waals surface area contributed by atoms with E-state index in [-0.39, 0.29) is 16.6 Å². The van der Waals surface area contributed by atoms with E-state index in [0.717, 1.165) is 16.5 Å². The lowest BCUT2D eigenvalue weighted by Gasteiger charge is -2.19. The summed E-state index contributed by atoms with van der Waals surface area (Å²) in [6, 6.07) is 8.44. The van der Waals surface area contributed by atoms with Gasteiger partial charge in [-0.1, -0.05) is 70.6 Å². The maximum atomic E-state index is 12.2. The van der Waals surface area contributed by atoms with Gasteiger partial charge in [0, 0.05) is 19.2 Å². The highest BCUT2D eigenvalue weighted by atomic mass is 32.2. The minimum atomic E-state index is -0.215. The fourth-order valence-electron chi connectivity index (χ4n) is 2.45. The molecule has 26 heavy (non-hydrogen) atoms. The smallest absolute Gasteiger partial charge is 0.233 e. The van der Waals surface area contributed by atoms with Crippen molar-refractivity contribution in [3.8, 4) is 11.4 Å². The zero-order valence-corrected chi connectivity index (χ0v) is 17.6. The molecular formula is C20H30N4OS. The highest BCUT2D eigenvalue weighted by molar-refractivity contribution is 8.00. The Labute approximate surface area is 161 Å². The summed E-state index contributed by atoms with van der Waals surface area (Å²) in [5.41, 5.74) is 2.43. The van der Waals surface area contributed by atoms with Crippen LogP contribution >= 0.6 is 11.8 Å². The summed E-state index contributed by atoms with van der Waals surface area (Å²) in [4.78, 5) is 12.2. The molecule has 2 aromatic rings. The van der Waals surface area contributed by atoms with Crippen LogP contribution in [-0.2, 0) is 17.3 Å². The van der Waals surface area contributed by atoms with Crippen LogP contribution < -0.4 is 5.32 Å². The van der Waals surface area contributed by atoms with Crippen molar-refractivity contribution in [3.05, 3.63) is 29.8 Å². The van der Waals surface area contributed by atoms with Gasteiger partial charge in [-0.3, -0.25) is 4.79 Å². The fraction of sp³-hybridized carbons (Fsp3) is 0.550. The molecule has 0 spiro atoms. The molecule has 0 aliphatic rings. The van der Waals surface area contributed by atoms with Crippen molar-refractivity contribution in [3.63, 3.8) is 0 Å². The van der Waals surface area contributed by atoms with Crippen LogP contribution in [0, 0.1) is 5.92 Å². The molecule has 0 aliphatic carbocycles. The standard InChI is InChI=1S/C20H30N4OS/c1-13(2)12-21-18(25)14(3)26-19-23-22-17(24(19)7)15-8-10-16(11-9-15)20(4,5)6/h8-11,13-14H,12H2,1-7H3,(H,21,25)/t14-/m1/s1. The van der Waals surface area contributed by atoms with Gasteiger partial charge in [0.15, 0.2) is 11.0 Å². The minimum absolute atomic E-state index is 0.0304. The number of hydrogen-bond acceptors (Lipinski definition) is 4. The number of aromatic nitrogens is 3. The lowest BCUT2D eigenvalue weighted by atomic mass is 9.87. The van der Waals surface area contributed by atoms with E-state index in [2.05, 4.69) is 74.4 Å². The maximum Gasteiger partial charge on any atom is 0.233 e. The lowest BCUT2D eigenvalue weighted by Crippen LogP contribution is -2.33. The van der Waals surface area contributed by atoms with E-state index in [4.69, 9.17) is 0 Å². The van der Waals surface area contributed by atoms with Gasteiger partial charge in [0.2, 0.25) is 5.91 Å². The van der Waals surface area contributed by atoms with Crippen LogP contribution in [0.5, 0.6) is 0 Å². The molecule has 6 heteroatoms. The van der Waals surface area contributed by atoms with Gasteiger partial charge in [0.25, 0.3) is 0 Å². The molecule has 0 bridgehead atoms. The number of hydrogen-bond donors (Lipinski definition) is 1. The van der Waals surface area contributed by atoms with Crippen molar-refractivity contribution in [1.29, 1.82) is 0 Å². The molecule has 2 rings (SSSR count). The van der Waals surface area contributed by atoms with Crippen LogP contribution in [0.4, 0.5) is 0 Å². The molecule has 0 radical (unpaired) electrons. The first-order valence-corrected chi connectivity index (χ1v) is 9.92. The average Bonchev–Trinajstić information content (AvgIpc) is 2.92. The van der Waals surface area contributed by atoms with Gasteiger partial charge >= 0.3 is 0 Å². The van der Waals surface area contributed by atoms with Crippen LogP contribution in [0.15, 0.2) is 29.4 Å². The summed E-state index contributed by atoms with van der Waals surface area (Å²) in [6.45, 7) is 13.3. The van der Waals surface area contributed by atoms with Crippen LogP contribution in [0.3, 0.4) is 0 Å². The predicted molar refractivity (Wildman–Crippen MR) is 108 cm³/mol. The van der Waals surface area contributed by atoms with Gasteiger partial charge in [-0.25, -0.2) is 0 Å². The second-order valence-corrected chi connectivity index (χ2v) is 9.40. The summed E-state index contributed by atoms with van der Waals surface area (Å²) in [5, 5.41) is 12.1. The Bertz CT molecular complexity index is 744. The number of benzene rings is 1. The molecule has 1 heterocycles. The largest absolute Gasteiger partial charge is 0.355 e. The first-order chi connectivity index (χ1) is 12.1. The van der Waals surface area contributed by atoms with Gasteiger partial charge in [-0.05, 0) is 23.8 Å². The van der Waals surface area contributed by atoms with Gasteiger partial charge in [-0.2, -0.15) is 0 Å². The van der Waals surface area contributed by atoms with Crippen molar-refractivity contribution in [2.45, 2.75) is 57.4 Å². The maximum absolute atomic E-state index is 12.2. The van der Waals surface area contributed by atoms with E-state index in [1.807, 2.05) is 18.5 Å². The number of nitrogens with one attached hydrogen (secondary N) is 1. The van der Waals surface area contributed by atoms with Crippen LogP contribution in [0.2, 0.25) is 0 Å². The highest BCUT2D eigenvalue weighted by Crippen LogP contribution is 2.28. The molecule has 1 amide bonds. The van der Waals surface area contributed by atoms with E-state index in [9.17, 15) is 4.79 Å². The van der Waals surface area contributed by atoms with E-state index < -0.39 is 0 Å². The number of rotatable bonds is 6. The number of carbonyl (C=O) groups is 1. The summed E-state index contributed by atoms with van der Waals surface area (Å²) in [7, 11) is 1.94. The summed E-state index contributed by atoms with van der Waals surface area (Å²) < 4.78 is 1.95. The summed E-state index contributed by atoms with van der Waals surface area (Å²) >= 11 is 1.43. The van der Waals surface area contributed by atoms with E-state index in [1.165, 1.54) is 17.3 Å². The predicted octanol–water partition coefficient (Wildman–Crippen LogP) is 4.03. The Hall–Kier alpha value is -1.82. The van der Waals surface area contributed by atoms with Gasteiger partial charge < -0.3 is 9.88 Å². The fourth-order valence-corrected chi connectivity index (χ4v) is 3.29. The Balaban J connectivity index is 2.11. The van der Waals surface area contributed by atoms with Gasteiger partial charge in [0.05, 0.1) is 5.25 Å². The molecule has 0 fully saturated rings. The second-order valence-electron chi connectivity index (χ2n) is 8.09. The minimum Gasteiger partial charge on any atom is -0.355 e. The molecule has 0 unspecified atom stereocenters. The first kappa shape index (κ1) is 20.5. The molecule has 0 aliphatic heterocycles. The molecule has 142 valence electrons. The zero-order valence-electron chi connectivity index (χ0n) is 16.8. The normalized spacial score (nSPS) is 13.1. The number of carbonyl (C=O) groups excluding carboxylic acids is 1.